The molecule has 0 aliphatic heterocycles. The van der Waals surface area contributed by atoms with Crippen LogP contribution in [0.3, 0.4) is 0 Å². The molecule has 0 fully saturated rings. The van der Waals surface area contributed by atoms with Gasteiger partial charge in [0.2, 0.25) is 0 Å². The molecule has 0 saturated carbocycles. The SMILES string of the molecule is NC(c1cnccc1Br)C(F)(F)F. The van der Waals surface area contributed by atoms with Crippen LogP contribution in [0.2, 0.25) is 0 Å². The van der Waals surface area contributed by atoms with Crippen LogP contribution in [0.5, 0.6) is 0 Å². The molecule has 72 valence electrons. The largest absolute Gasteiger partial charge is 0.407 e. The minimum atomic E-state index is -4.44. The average molecular weight is 255 g/mol. The fourth-order valence-corrected chi connectivity index (χ4v) is 1.26. The molecule has 2 N–H and O–H groups in total. The van der Waals surface area contributed by atoms with Crippen molar-refractivity contribution in [1.29, 1.82) is 0 Å². The van der Waals surface area contributed by atoms with Crippen LogP contribution >= 0.6 is 15.9 Å². The van der Waals surface area contributed by atoms with Crippen LogP contribution in [-0.2, 0) is 0 Å². The van der Waals surface area contributed by atoms with Crippen LogP contribution in [0.25, 0.3) is 0 Å². The van der Waals surface area contributed by atoms with Crippen molar-refractivity contribution in [3.8, 4) is 0 Å². The van der Waals surface area contributed by atoms with Gasteiger partial charge in [-0.15, -0.1) is 0 Å². The Labute approximate surface area is 81.1 Å². The van der Waals surface area contributed by atoms with Crippen LogP contribution in [-0.4, -0.2) is 11.2 Å². The molecule has 1 heterocycles. The van der Waals surface area contributed by atoms with Gasteiger partial charge in [0.15, 0.2) is 0 Å². The summed E-state index contributed by atoms with van der Waals surface area (Å²) in [5.41, 5.74) is 4.92. The zero-order valence-corrected chi connectivity index (χ0v) is 7.93. The predicted octanol–water partition coefficient (Wildman–Crippen LogP) is 2.41. The molecule has 1 rings (SSSR count). The van der Waals surface area contributed by atoms with Gasteiger partial charge in [0.1, 0.15) is 6.04 Å². The first kappa shape index (κ1) is 10.5. The van der Waals surface area contributed by atoms with E-state index >= 15 is 0 Å². The van der Waals surface area contributed by atoms with Crippen LogP contribution in [0, 0.1) is 0 Å². The van der Waals surface area contributed by atoms with Gasteiger partial charge in [0.25, 0.3) is 0 Å². The molecule has 0 saturated heterocycles. The molecule has 6 heteroatoms. The number of alkyl halides is 3. The zero-order valence-electron chi connectivity index (χ0n) is 6.35. The molecule has 1 unspecified atom stereocenters. The van der Waals surface area contributed by atoms with E-state index in [1.807, 2.05) is 0 Å². The third-order valence-corrected chi connectivity index (χ3v) is 2.21. The second kappa shape index (κ2) is 3.63. The van der Waals surface area contributed by atoms with Crippen molar-refractivity contribution in [3.63, 3.8) is 0 Å². The summed E-state index contributed by atoms with van der Waals surface area (Å²) in [6.45, 7) is 0. The highest BCUT2D eigenvalue weighted by atomic mass is 79.9. The van der Waals surface area contributed by atoms with E-state index in [9.17, 15) is 13.2 Å². The van der Waals surface area contributed by atoms with Gasteiger partial charge in [-0.1, -0.05) is 15.9 Å². The van der Waals surface area contributed by atoms with E-state index < -0.39 is 12.2 Å². The fourth-order valence-electron chi connectivity index (χ4n) is 0.795. The first-order chi connectivity index (χ1) is 5.93. The summed E-state index contributed by atoms with van der Waals surface area (Å²) in [5, 5.41) is 0. The van der Waals surface area contributed by atoms with Crippen LogP contribution < -0.4 is 5.73 Å². The lowest BCUT2D eigenvalue weighted by Crippen LogP contribution is -2.28. The van der Waals surface area contributed by atoms with Crippen molar-refractivity contribution in [2.45, 2.75) is 12.2 Å². The lowest BCUT2D eigenvalue weighted by atomic mass is 10.1. The van der Waals surface area contributed by atoms with E-state index in [0.29, 0.717) is 4.47 Å². The lowest BCUT2D eigenvalue weighted by molar-refractivity contribution is -0.149. The van der Waals surface area contributed by atoms with E-state index in [-0.39, 0.29) is 5.56 Å². The number of hydrogen-bond acceptors (Lipinski definition) is 2. The normalized spacial score (nSPS) is 14.2. The van der Waals surface area contributed by atoms with Gasteiger partial charge < -0.3 is 5.73 Å². The van der Waals surface area contributed by atoms with Gasteiger partial charge >= 0.3 is 6.18 Å². The maximum atomic E-state index is 12.1. The Morgan fingerprint density at radius 2 is 2.08 bits per heavy atom. The second-order valence-electron chi connectivity index (χ2n) is 2.42. The Morgan fingerprint density at radius 3 is 2.54 bits per heavy atom. The highest BCUT2D eigenvalue weighted by Crippen LogP contribution is 2.33. The van der Waals surface area contributed by atoms with Crippen molar-refractivity contribution in [2.75, 3.05) is 0 Å². The quantitative estimate of drug-likeness (QED) is 0.836. The smallest absolute Gasteiger partial charge is 0.316 e. The Kier molecular flexibility index (Phi) is 2.92. The van der Waals surface area contributed by atoms with Gasteiger partial charge in [-0.25, -0.2) is 0 Å². The van der Waals surface area contributed by atoms with E-state index in [2.05, 4.69) is 20.9 Å². The summed E-state index contributed by atoms with van der Waals surface area (Å²) in [5.74, 6) is 0. The molecule has 1 atom stereocenters. The highest BCUT2D eigenvalue weighted by Gasteiger charge is 2.38. The topological polar surface area (TPSA) is 38.9 Å². The first-order valence-corrected chi connectivity index (χ1v) is 4.14. The number of nitrogens with zero attached hydrogens (tertiary/aromatic N) is 1. The molecule has 13 heavy (non-hydrogen) atoms. The highest BCUT2D eigenvalue weighted by molar-refractivity contribution is 9.10. The molecule has 0 amide bonds. The molecule has 0 spiro atoms. The summed E-state index contributed by atoms with van der Waals surface area (Å²) in [6, 6.07) is -0.573. The molecule has 0 aromatic carbocycles. The number of halogens is 4. The summed E-state index contributed by atoms with van der Waals surface area (Å²) >= 11 is 2.97. The lowest BCUT2D eigenvalue weighted by Gasteiger charge is -2.16. The van der Waals surface area contributed by atoms with Gasteiger partial charge in [0.05, 0.1) is 0 Å². The van der Waals surface area contributed by atoms with Gasteiger partial charge in [0, 0.05) is 22.4 Å². The van der Waals surface area contributed by atoms with Crippen molar-refractivity contribution < 1.29 is 13.2 Å². The summed E-state index contributed by atoms with van der Waals surface area (Å²) in [7, 11) is 0. The van der Waals surface area contributed by atoms with E-state index in [4.69, 9.17) is 5.73 Å². The van der Waals surface area contributed by atoms with E-state index in [1.54, 1.807) is 0 Å². The molecule has 2 nitrogen and oxygen atoms in total. The number of hydrogen-bond donors (Lipinski definition) is 1. The maximum Gasteiger partial charge on any atom is 0.407 e. The van der Waals surface area contributed by atoms with Crippen LogP contribution in [0.4, 0.5) is 13.2 Å². The standard InChI is InChI=1S/C7H6BrF3N2/c8-5-1-2-13-3-4(5)6(12)7(9,10)11/h1-3,6H,12H2. The number of nitrogens with two attached hydrogens (primary N) is 1. The van der Waals surface area contributed by atoms with Gasteiger partial charge in [-0.05, 0) is 6.07 Å². The molecule has 0 aliphatic rings. The molecule has 0 bridgehead atoms. The second-order valence-corrected chi connectivity index (χ2v) is 3.27. The Morgan fingerprint density at radius 1 is 1.46 bits per heavy atom. The summed E-state index contributed by atoms with van der Waals surface area (Å²) in [6.07, 6.45) is -1.95. The Hall–Kier alpha value is -0.620. The molecule has 0 aliphatic carbocycles. The summed E-state index contributed by atoms with van der Waals surface area (Å²) < 4.78 is 36.7. The number of rotatable bonds is 1. The monoisotopic (exact) mass is 254 g/mol. The Balaban J connectivity index is 3.02. The average Bonchev–Trinajstić information content (AvgIpc) is 2.02. The third-order valence-electron chi connectivity index (χ3n) is 1.48. The van der Waals surface area contributed by atoms with E-state index in [1.165, 1.54) is 12.3 Å². The molecule has 1 aromatic rings. The predicted molar refractivity (Wildman–Crippen MR) is 44.9 cm³/mol. The van der Waals surface area contributed by atoms with E-state index in [0.717, 1.165) is 6.20 Å². The van der Waals surface area contributed by atoms with Gasteiger partial charge in [-0.2, -0.15) is 13.2 Å². The minimum absolute atomic E-state index is 0.0602. The number of aromatic nitrogens is 1. The van der Waals surface area contributed by atoms with Crippen molar-refractivity contribution in [3.05, 3.63) is 28.5 Å². The fraction of sp³-hybridized carbons (Fsp3) is 0.286. The van der Waals surface area contributed by atoms with Crippen LogP contribution in [0.1, 0.15) is 11.6 Å². The maximum absolute atomic E-state index is 12.1. The van der Waals surface area contributed by atoms with Crippen molar-refractivity contribution in [1.82, 2.24) is 4.98 Å². The van der Waals surface area contributed by atoms with Crippen molar-refractivity contribution >= 4 is 15.9 Å². The molecular formula is C7H6BrF3N2. The zero-order chi connectivity index (χ0) is 10.1. The first-order valence-electron chi connectivity index (χ1n) is 3.34. The van der Waals surface area contributed by atoms with Crippen molar-refractivity contribution in [2.24, 2.45) is 5.73 Å². The van der Waals surface area contributed by atoms with Gasteiger partial charge in [-0.3, -0.25) is 4.98 Å². The Bertz CT molecular complexity index is 300. The molecule has 1 aromatic heterocycles. The number of pyridine rings is 1. The van der Waals surface area contributed by atoms with Crippen LogP contribution in [0.15, 0.2) is 22.9 Å². The minimum Gasteiger partial charge on any atom is -0.316 e. The molecule has 0 radical (unpaired) electrons. The molecular weight excluding hydrogens is 249 g/mol. The summed E-state index contributed by atoms with van der Waals surface area (Å²) in [4.78, 5) is 3.57. The third kappa shape index (κ3) is 2.41.